The molecule has 3 heterocycles. The van der Waals surface area contributed by atoms with E-state index in [-0.39, 0.29) is 11.8 Å². The van der Waals surface area contributed by atoms with Gasteiger partial charge in [-0.15, -0.1) is 0 Å². The van der Waals surface area contributed by atoms with Crippen LogP contribution in [0.1, 0.15) is 35.7 Å². The molecule has 2 amide bonds. The van der Waals surface area contributed by atoms with Crippen molar-refractivity contribution >= 4 is 22.7 Å². The minimum atomic E-state index is -0.608. The predicted molar refractivity (Wildman–Crippen MR) is 112 cm³/mol. The summed E-state index contributed by atoms with van der Waals surface area (Å²) in [7, 11) is 0. The monoisotopic (exact) mass is 390 g/mol. The van der Waals surface area contributed by atoms with Gasteiger partial charge in [-0.2, -0.15) is 0 Å². The molecule has 0 radical (unpaired) electrons. The third-order valence-corrected chi connectivity index (χ3v) is 5.74. The molecule has 1 aliphatic heterocycles. The highest BCUT2D eigenvalue weighted by atomic mass is 16.2. The standard InChI is InChI=1S/C23H26N4O2/c1-16-8-12-27(13-9-16)23(29)21(26-22(28)17-6-10-24-11-7-17)14-18-15-25-20-5-3-2-4-19(18)20/h2-7,10-11,15-16,21,25H,8-9,12-14H2,1H3,(H,26,28)/t21-/m0/s1. The average molecular weight is 390 g/mol. The van der Waals surface area contributed by atoms with E-state index in [4.69, 9.17) is 0 Å². The van der Waals surface area contributed by atoms with Gasteiger partial charge in [0.2, 0.25) is 5.91 Å². The minimum Gasteiger partial charge on any atom is -0.361 e. The number of amides is 2. The van der Waals surface area contributed by atoms with Crippen molar-refractivity contribution in [3.63, 3.8) is 0 Å². The van der Waals surface area contributed by atoms with Crippen LogP contribution in [0.3, 0.4) is 0 Å². The average Bonchev–Trinajstić information content (AvgIpc) is 3.17. The van der Waals surface area contributed by atoms with E-state index in [9.17, 15) is 9.59 Å². The molecule has 1 fully saturated rings. The van der Waals surface area contributed by atoms with Crippen LogP contribution >= 0.6 is 0 Å². The summed E-state index contributed by atoms with van der Waals surface area (Å²) in [5, 5.41) is 4.05. The van der Waals surface area contributed by atoms with Crippen molar-refractivity contribution in [2.75, 3.05) is 13.1 Å². The van der Waals surface area contributed by atoms with Gasteiger partial charge in [0.25, 0.3) is 5.91 Å². The largest absolute Gasteiger partial charge is 0.361 e. The molecule has 0 aliphatic carbocycles. The lowest BCUT2D eigenvalue weighted by atomic mass is 9.97. The first-order valence-electron chi connectivity index (χ1n) is 10.2. The maximum atomic E-state index is 13.3. The van der Waals surface area contributed by atoms with Crippen molar-refractivity contribution in [2.45, 2.75) is 32.2 Å². The maximum Gasteiger partial charge on any atom is 0.252 e. The molecule has 0 spiro atoms. The first-order valence-corrected chi connectivity index (χ1v) is 10.2. The fourth-order valence-electron chi connectivity index (χ4n) is 3.91. The lowest BCUT2D eigenvalue weighted by molar-refractivity contribution is -0.134. The molecule has 0 bridgehead atoms. The lowest BCUT2D eigenvalue weighted by Gasteiger charge is -2.33. The second kappa shape index (κ2) is 8.47. The number of aromatic amines is 1. The Morgan fingerprint density at radius 1 is 1.17 bits per heavy atom. The number of hydrogen-bond acceptors (Lipinski definition) is 3. The van der Waals surface area contributed by atoms with Gasteiger partial charge in [0.15, 0.2) is 0 Å². The first-order chi connectivity index (χ1) is 14.1. The molecular formula is C23H26N4O2. The number of rotatable bonds is 5. The number of likely N-dealkylation sites (tertiary alicyclic amines) is 1. The maximum absolute atomic E-state index is 13.3. The second-order valence-electron chi connectivity index (χ2n) is 7.83. The summed E-state index contributed by atoms with van der Waals surface area (Å²) in [5.41, 5.74) is 2.56. The highest BCUT2D eigenvalue weighted by Gasteiger charge is 2.29. The number of para-hydroxylation sites is 1. The van der Waals surface area contributed by atoms with Crippen molar-refractivity contribution < 1.29 is 9.59 Å². The van der Waals surface area contributed by atoms with Gasteiger partial charge in [0, 0.05) is 54.6 Å². The number of carbonyl (C=O) groups is 2. The number of aromatic nitrogens is 2. The minimum absolute atomic E-state index is 0.00964. The molecule has 1 atom stereocenters. The molecule has 29 heavy (non-hydrogen) atoms. The molecule has 4 rings (SSSR count). The van der Waals surface area contributed by atoms with Crippen LogP contribution in [-0.4, -0.2) is 45.8 Å². The third-order valence-electron chi connectivity index (χ3n) is 5.74. The summed E-state index contributed by atoms with van der Waals surface area (Å²) < 4.78 is 0. The smallest absolute Gasteiger partial charge is 0.252 e. The number of pyridine rings is 1. The molecule has 2 aromatic heterocycles. The third kappa shape index (κ3) is 4.31. The summed E-state index contributed by atoms with van der Waals surface area (Å²) in [4.78, 5) is 35.2. The van der Waals surface area contributed by atoms with Crippen molar-refractivity contribution in [1.29, 1.82) is 0 Å². The predicted octanol–water partition coefficient (Wildman–Crippen LogP) is 3.16. The molecule has 1 aliphatic rings. The van der Waals surface area contributed by atoms with E-state index in [1.807, 2.05) is 35.4 Å². The number of carbonyl (C=O) groups excluding carboxylic acids is 2. The number of benzene rings is 1. The van der Waals surface area contributed by atoms with E-state index in [1.54, 1.807) is 24.5 Å². The molecule has 1 saturated heterocycles. The van der Waals surface area contributed by atoms with Crippen LogP contribution in [0.2, 0.25) is 0 Å². The van der Waals surface area contributed by atoms with E-state index in [1.165, 1.54) is 0 Å². The van der Waals surface area contributed by atoms with Gasteiger partial charge in [-0.3, -0.25) is 14.6 Å². The van der Waals surface area contributed by atoms with Gasteiger partial charge in [0.1, 0.15) is 6.04 Å². The number of piperidine rings is 1. The van der Waals surface area contributed by atoms with Crippen LogP contribution in [0.25, 0.3) is 10.9 Å². The summed E-state index contributed by atoms with van der Waals surface area (Å²) >= 11 is 0. The van der Waals surface area contributed by atoms with Crippen LogP contribution in [0.15, 0.2) is 55.0 Å². The van der Waals surface area contributed by atoms with Crippen LogP contribution in [0, 0.1) is 5.92 Å². The molecule has 1 aromatic carbocycles. The Morgan fingerprint density at radius 3 is 2.66 bits per heavy atom. The molecule has 0 unspecified atom stereocenters. The van der Waals surface area contributed by atoms with E-state index >= 15 is 0 Å². The molecule has 6 nitrogen and oxygen atoms in total. The van der Waals surface area contributed by atoms with Gasteiger partial charge in [-0.25, -0.2) is 0 Å². The first kappa shape index (κ1) is 19.2. The van der Waals surface area contributed by atoms with Crippen molar-refractivity contribution in [1.82, 2.24) is 20.2 Å². The van der Waals surface area contributed by atoms with E-state index in [0.717, 1.165) is 42.4 Å². The zero-order valence-corrected chi connectivity index (χ0v) is 16.6. The van der Waals surface area contributed by atoms with Crippen LogP contribution < -0.4 is 5.32 Å². The topological polar surface area (TPSA) is 78.1 Å². The Hall–Kier alpha value is -3.15. The van der Waals surface area contributed by atoms with Crippen LogP contribution in [-0.2, 0) is 11.2 Å². The molecule has 150 valence electrons. The summed E-state index contributed by atoms with van der Waals surface area (Å²) in [6.07, 6.45) is 7.55. The van der Waals surface area contributed by atoms with Crippen molar-refractivity contribution in [3.05, 3.63) is 66.1 Å². The SMILES string of the molecule is CC1CCN(C(=O)[C@H](Cc2c[nH]c3ccccc23)NC(=O)c2ccncc2)CC1. The molecule has 3 aromatic rings. The van der Waals surface area contributed by atoms with Crippen LogP contribution in [0.4, 0.5) is 0 Å². The number of H-pyrrole nitrogens is 1. The van der Waals surface area contributed by atoms with Gasteiger partial charge < -0.3 is 15.2 Å². The van der Waals surface area contributed by atoms with Crippen LogP contribution in [0.5, 0.6) is 0 Å². The number of nitrogens with one attached hydrogen (secondary N) is 2. The quantitative estimate of drug-likeness (QED) is 0.702. The molecule has 0 saturated carbocycles. The van der Waals surface area contributed by atoms with Gasteiger partial charge in [0.05, 0.1) is 0 Å². The van der Waals surface area contributed by atoms with Crippen molar-refractivity contribution in [3.8, 4) is 0 Å². The Labute approximate surface area is 170 Å². The summed E-state index contributed by atoms with van der Waals surface area (Å²) in [6, 6.07) is 10.7. The van der Waals surface area contributed by atoms with E-state index in [2.05, 4.69) is 22.2 Å². The Morgan fingerprint density at radius 2 is 1.90 bits per heavy atom. The fourth-order valence-corrected chi connectivity index (χ4v) is 3.91. The van der Waals surface area contributed by atoms with Gasteiger partial charge in [-0.1, -0.05) is 25.1 Å². The highest BCUT2D eigenvalue weighted by Crippen LogP contribution is 2.21. The lowest BCUT2D eigenvalue weighted by Crippen LogP contribution is -2.51. The Balaban J connectivity index is 1.57. The Bertz CT molecular complexity index is 990. The fraction of sp³-hybridized carbons (Fsp3) is 0.348. The Kier molecular flexibility index (Phi) is 5.60. The molecular weight excluding hydrogens is 364 g/mol. The number of nitrogens with zero attached hydrogens (tertiary/aromatic N) is 2. The summed E-state index contributed by atoms with van der Waals surface area (Å²) in [6.45, 7) is 3.71. The zero-order valence-electron chi connectivity index (χ0n) is 16.6. The summed E-state index contributed by atoms with van der Waals surface area (Å²) in [5.74, 6) is 0.373. The number of fused-ring (bicyclic) bond motifs is 1. The van der Waals surface area contributed by atoms with Gasteiger partial charge >= 0.3 is 0 Å². The van der Waals surface area contributed by atoms with E-state index in [0.29, 0.717) is 17.9 Å². The molecule has 2 N–H and O–H groups in total. The normalized spacial score (nSPS) is 16.0. The number of hydrogen-bond donors (Lipinski definition) is 2. The van der Waals surface area contributed by atoms with Gasteiger partial charge in [-0.05, 0) is 42.5 Å². The highest BCUT2D eigenvalue weighted by molar-refractivity contribution is 5.97. The van der Waals surface area contributed by atoms with Crippen molar-refractivity contribution in [2.24, 2.45) is 5.92 Å². The zero-order chi connectivity index (χ0) is 20.2. The van der Waals surface area contributed by atoms with E-state index < -0.39 is 6.04 Å². The molecule has 6 heteroatoms. The second-order valence-corrected chi connectivity index (χ2v) is 7.83.